The van der Waals surface area contributed by atoms with Crippen LogP contribution in [0.15, 0.2) is 41.5 Å². The largest absolute Gasteiger partial charge is 0.367 e. The highest BCUT2D eigenvalue weighted by Crippen LogP contribution is 2.31. The lowest BCUT2D eigenvalue weighted by Crippen LogP contribution is -2.42. The zero-order chi connectivity index (χ0) is 19.9. The number of fused-ring (bicyclic) bond motifs is 1. The van der Waals surface area contributed by atoms with Crippen molar-refractivity contribution in [2.45, 2.75) is 12.3 Å². The number of hydrogen-bond donors (Lipinski definition) is 4. The Hall–Kier alpha value is -2.51. The number of pyridine rings is 1. The van der Waals surface area contributed by atoms with Crippen LogP contribution in [0.3, 0.4) is 0 Å². The number of guanidine groups is 1. The predicted octanol–water partition coefficient (Wildman–Crippen LogP) is 3.09. The van der Waals surface area contributed by atoms with Gasteiger partial charge in [0.1, 0.15) is 5.82 Å². The Labute approximate surface area is 173 Å². The molecule has 1 unspecified atom stereocenters. The number of nitrogens with one attached hydrogen (secondary N) is 4. The Morgan fingerprint density at radius 2 is 2.11 bits per heavy atom. The molecule has 0 bridgehead atoms. The Bertz CT molecular complexity index is 873. The molecule has 1 atom stereocenters. The van der Waals surface area contributed by atoms with Crippen LogP contribution in [0.5, 0.6) is 0 Å². The van der Waals surface area contributed by atoms with E-state index in [1.807, 2.05) is 24.3 Å². The number of benzene rings is 1. The van der Waals surface area contributed by atoms with Crippen LogP contribution in [0.25, 0.3) is 0 Å². The maximum Gasteiger partial charge on any atom is 0.225 e. The molecule has 2 aromatic rings. The molecule has 1 aliphatic rings. The van der Waals surface area contributed by atoms with Gasteiger partial charge in [-0.1, -0.05) is 41.4 Å². The van der Waals surface area contributed by atoms with E-state index in [1.165, 1.54) is 0 Å². The number of carbonyl (C=O) groups excluding carboxylic acids is 1. The Morgan fingerprint density at radius 1 is 1.29 bits per heavy atom. The van der Waals surface area contributed by atoms with Gasteiger partial charge < -0.3 is 21.3 Å². The minimum absolute atomic E-state index is 0.0324. The lowest BCUT2D eigenvalue weighted by atomic mass is 9.90. The Morgan fingerprint density at radius 3 is 2.89 bits per heavy atom. The maximum absolute atomic E-state index is 11.9. The second kappa shape index (κ2) is 9.61. The summed E-state index contributed by atoms with van der Waals surface area (Å²) in [4.78, 5) is 20.3. The summed E-state index contributed by atoms with van der Waals surface area (Å²) in [6.45, 7) is 1.83. The van der Waals surface area contributed by atoms with Gasteiger partial charge in [-0.3, -0.25) is 9.79 Å². The molecule has 3 rings (SSSR count). The molecule has 4 N–H and O–H groups in total. The van der Waals surface area contributed by atoms with Gasteiger partial charge in [0.25, 0.3) is 0 Å². The van der Waals surface area contributed by atoms with Gasteiger partial charge in [0, 0.05) is 50.9 Å². The molecule has 1 amide bonds. The second-order valence-corrected chi connectivity index (χ2v) is 7.17. The third-order valence-corrected chi connectivity index (χ3v) is 4.86. The first kappa shape index (κ1) is 20.2. The first-order valence-electron chi connectivity index (χ1n) is 8.95. The summed E-state index contributed by atoms with van der Waals surface area (Å²) in [6.07, 6.45) is 1.99. The molecule has 1 aromatic carbocycles. The van der Waals surface area contributed by atoms with E-state index in [2.05, 4.69) is 31.2 Å². The number of aliphatic imine (C=N–C) groups is 1. The van der Waals surface area contributed by atoms with Crippen LogP contribution in [-0.4, -0.2) is 43.5 Å². The Kier molecular flexibility index (Phi) is 6.95. The number of anilines is 2. The maximum atomic E-state index is 11.9. The number of carbonyl (C=O) groups is 1. The van der Waals surface area contributed by atoms with Gasteiger partial charge in [-0.2, -0.15) is 0 Å². The van der Waals surface area contributed by atoms with Gasteiger partial charge in [-0.15, -0.1) is 0 Å². The zero-order valence-electron chi connectivity index (χ0n) is 15.4. The molecule has 0 spiro atoms. The van der Waals surface area contributed by atoms with Gasteiger partial charge >= 0.3 is 0 Å². The average molecular weight is 421 g/mol. The SMILES string of the molecule is CN=C(NCCNc1ncc(Cl)cc1Cl)NCC1CC(=O)Nc2ccccc21. The van der Waals surface area contributed by atoms with Crippen molar-refractivity contribution in [2.75, 3.05) is 37.3 Å². The number of halogens is 2. The molecule has 28 heavy (non-hydrogen) atoms. The van der Waals surface area contributed by atoms with Gasteiger partial charge in [-0.25, -0.2) is 4.98 Å². The number of aromatic nitrogens is 1. The Balaban J connectivity index is 1.47. The summed E-state index contributed by atoms with van der Waals surface area (Å²) in [5.74, 6) is 1.38. The van der Waals surface area contributed by atoms with Crippen LogP contribution in [-0.2, 0) is 4.79 Å². The third-order valence-electron chi connectivity index (χ3n) is 4.36. The molecule has 2 heterocycles. The van der Waals surface area contributed by atoms with Gasteiger partial charge in [0.05, 0.1) is 10.0 Å². The topological polar surface area (TPSA) is 90.4 Å². The third kappa shape index (κ3) is 5.27. The minimum atomic E-state index is 0.0324. The molecule has 0 radical (unpaired) electrons. The molecule has 148 valence electrons. The average Bonchev–Trinajstić information content (AvgIpc) is 2.68. The minimum Gasteiger partial charge on any atom is -0.367 e. The van der Waals surface area contributed by atoms with Crippen molar-refractivity contribution in [3.05, 3.63) is 52.1 Å². The smallest absolute Gasteiger partial charge is 0.225 e. The van der Waals surface area contributed by atoms with E-state index < -0.39 is 0 Å². The number of para-hydroxylation sites is 1. The number of amides is 1. The van der Waals surface area contributed by atoms with Crippen molar-refractivity contribution in [1.82, 2.24) is 15.6 Å². The lowest BCUT2D eigenvalue weighted by molar-refractivity contribution is -0.116. The van der Waals surface area contributed by atoms with Crippen LogP contribution in [0, 0.1) is 0 Å². The number of rotatable bonds is 6. The summed E-state index contributed by atoms with van der Waals surface area (Å²) >= 11 is 11.9. The van der Waals surface area contributed by atoms with Crippen molar-refractivity contribution in [3.63, 3.8) is 0 Å². The molecule has 0 saturated carbocycles. The van der Waals surface area contributed by atoms with Crippen molar-refractivity contribution in [2.24, 2.45) is 4.99 Å². The predicted molar refractivity (Wildman–Crippen MR) is 115 cm³/mol. The highest BCUT2D eigenvalue weighted by atomic mass is 35.5. The van der Waals surface area contributed by atoms with Gasteiger partial charge in [-0.05, 0) is 17.7 Å². The molecule has 7 nitrogen and oxygen atoms in total. The summed E-state index contributed by atoms with van der Waals surface area (Å²) in [5, 5.41) is 13.5. The molecule has 0 saturated heterocycles. The molecular weight excluding hydrogens is 399 g/mol. The fraction of sp³-hybridized carbons (Fsp3) is 0.316. The van der Waals surface area contributed by atoms with Crippen molar-refractivity contribution >= 4 is 46.6 Å². The lowest BCUT2D eigenvalue weighted by Gasteiger charge is -2.26. The molecule has 1 aliphatic heterocycles. The summed E-state index contributed by atoms with van der Waals surface area (Å²) in [7, 11) is 1.71. The van der Waals surface area contributed by atoms with Gasteiger partial charge in [0.15, 0.2) is 5.96 Å². The zero-order valence-corrected chi connectivity index (χ0v) is 16.9. The van der Waals surface area contributed by atoms with Crippen molar-refractivity contribution in [3.8, 4) is 0 Å². The number of hydrogen-bond acceptors (Lipinski definition) is 4. The van der Waals surface area contributed by atoms with E-state index in [4.69, 9.17) is 23.2 Å². The molecule has 1 aromatic heterocycles. The normalized spacial score (nSPS) is 16.2. The summed E-state index contributed by atoms with van der Waals surface area (Å²) in [5.41, 5.74) is 2.01. The van der Waals surface area contributed by atoms with Crippen LogP contribution in [0.2, 0.25) is 10.0 Å². The van der Waals surface area contributed by atoms with Crippen molar-refractivity contribution in [1.29, 1.82) is 0 Å². The quantitative estimate of drug-likeness (QED) is 0.327. The van der Waals surface area contributed by atoms with Crippen LogP contribution < -0.4 is 21.3 Å². The van der Waals surface area contributed by atoms with Crippen molar-refractivity contribution < 1.29 is 4.79 Å². The second-order valence-electron chi connectivity index (χ2n) is 6.33. The highest BCUT2D eigenvalue weighted by Gasteiger charge is 2.24. The van der Waals surface area contributed by atoms with Crippen LogP contribution >= 0.6 is 23.2 Å². The molecule has 0 aliphatic carbocycles. The van der Waals surface area contributed by atoms with E-state index in [1.54, 1.807) is 19.3 Å². The molecular formula is C19H22Cl2N6O. The summed E-state index contributed by atoms with van der Waals surface area (Å²) in [6, 6.07) is 9.52. The van der Waals surface area contributed by atoms with E-state index in [0.717, 1.165) is 11.3 Å². The highest BCUT2D eigenvalue weighted by molar-refractivity contribution is 6.35. The van der Waals surface area contributed by atoms with E-state index in [0.29, 0.717) is 47.9 Å². The van der Waals surface area contributed by atoms with E-state index >= 15 is 0 Å². The summed E-state index contributed by atoms with van der Waals surface area (Å²) < 4.78 is 0. The standard InChI is InChI=1S/C19H22Cl2N6O/c1-22-19(24-7-6-23-18-15(21)9-13(20)11-25-18)26-10-12-8-17(28)27-16-5-3-2-4-14(12)16/h2-5,9,11-12H,6-8,10H2,1H3,(H,23,25)(H,27,28)(H2,22,24,26). The molecule has 0 fully saturated rings. The monoisotopic (exact) mass is 420 g/mol. The molecule has 9 heteroatoms. The first-order chi connectivity index (χ1) is 13.6. The fourth-order valence-electron chi connectivity index (χ4n) is 3.03. The first-order valence-corrected chi connectivity index (χ1v) is 9.70. The fourth-order valence-corrected chi connectivity index (χ4v) is 3.48. The van der Waals surface area contributed by atoms with E-state index in [9.17, 15) is 4.79 Å². The number of nitrogens with zero attached hydrogens (tertiary/aromatic N) is 2. The van der Waals surface area contributed by atoms with Crippen LogP contribution in [0.4, 0.5) is 11.5 Å². The van der Waals surface area contributed by atoms with Gasteiger partial charge in [0.2, 0.25) is 5.91 Å². The van der Waals surface area contributed by atoms with E-state index in [-0.39, 0.29) is 11.8 Å². The van der Waals surface area contributed by atoms with Crippen LogP contribution in [0.1, 0.15) is 17.9 Å².